The topological polar surface area (TPSA) is 44.4 Å². The second-order valence-electron chi connectivity index (χ2n) is 5.37. The maximum atomic E-state index is 12.1. The van der Waals surface area contributed by atoms with Crippen LogP contribution in [0.4, 0.5) is 0 Å². The number of rotatable bonds is 4. The maximum absolute atomic E-state index is 12.1. The highest BCUT2D eigenvalue weighted by molar-refractivity contribution is 5.81. The van der Waals surface area contributed by atoms with Crippen LogP contribution in [0, 0.1) is 5.92 Å². The van der Waals surface area contributed by atoms with Gasteiger partial charge in [0.2, 0.25) is 5.91 Å². The Morgan fingerprint density at radius 2 is 2.18 bits per heavy atom. The molecule has 2 rings (SSSR count). The zero-order valence-corrected chi connectivity index (χ0v) is 10.9. The first kappa shape index (κ1) is 12.8. The quantitative estimate of drug-likeness (QED) is 0.754. The lowest BCUT2D eigenvalue weighted by Crippen LogP contribution is -2.46. The molecule has 0 aromatic heterocycles. The summed E-state index contributed by atoms with van der Waals surface area (Å²) < 4.78 is 0. The van der Waals surface area contributed by atoms with Gasteiger partial charge < -0.3 is 15.5 Å². The van der Waals surface area contributed by atoms with Gasteiger partial charge in [-0.2, -0.15) is 0 Å². The molecule has 2 unspecified atom stereocenters. The number of piperidine rings is 1. The monoisotopic (exact) mass is 239 g/mol. The SMILES string of the molecule is CC(NCC1CCCNC1)C(=O)N1CCCC1. The van der Waals surface area contributed by atoms with Crippen molar-refractivity contribution in [2.45, 2.75) is 38.6 Å². The van der Waals surface area contributed by atoms with E-state index >= 15 is 0 Å². The van der Waals surface area contributed by atoms with Crippen LogP contribution in [0.3, 0.4) is 0 Å². The zero-order valence-electron chi connectivity index (χ0n) is 10.9. The molecule has 0 aromatic carbocycles. The van der Waals surface area contributed by atoms with Crippen LogP contribution in [-0.2, 0) is 4.79 Å². The molecule has 2 saturated heterocycles. The number of carbonyl (C=O) groups excluding carboxylic acids is 1. The van der Waals surface area contributed by atoms with E-state index < -0.39 is 0 Å². The molecule has 0 aliphatic carbocycles. The third-order valence-electron chi connectivity index (χ3n) is 3.90. The first-order chi connectivity index (χ1) is 8.27. The lowest BCUT2D eigenvalue weighted by atomic mass is 9.99. The number of hydrogen-bond donors (Lipinski definition) is 2. The van der Waals surface area contributed by atoms with E-state index in [1.54, 1.807) is 0 Å². The number of amides is 1. The molecule has 0 radical (unpaired) electrons. The molecular weight excluding hydrogens is 214 g/mol. The molecule has 2 atom stereocenters. The summed E-state index contributed by atoms with van der Waals surface area (Å²) in [6.45, 7) is 7.12. The molecule has 2 fully saturated rings. The summed E-state index contributed by atoms with van der Waals surface area (Å²) in [4.78, 5) is 14.1. The largest absolute Gasteiger partial charge is 0.341 e. The van der Waals surface area contributed by atoms with E-state index in [2.05, 4.69) is 10.6 Å². The molecule has 2 aliphatic heterocycles. The van der Waals surface area contributed by atoms with Crippen molar-refractivity contribution < 1.29 is 4.79 Å². The number of hydrogen-bond acceptors (Lipinski definition) is 3. The van der Waals surface area contributed by atoms with Crippen molar-refractivity contribution in [2.24, 2.45) is 5.92 Å². The van der Waals surface area contributed by atoms with Gasteiger partial charge in [-0.25, -0.2) is 0 Å². The normalized spacial score (nSPS) is 27.1. The second kappa shape index (κ2) is 6.36. The van der Waals surface area contributed by atoms with E-state index in [0.717, 1.165) is 32.7 Å². The van der Waals surface area contributed by atoms with Crippen molar-refractivity contribution in [1.29, 1.82) is 0 Å². The molecular formula is C13H25N3O. The van der Waals surface area contributed by atoms with Crippen LogP contribution in [0.1, 0.15) is 32.6 Å². The Kier molecular flexibility index (Phi) is 4.80. The first-order valence-corrected chi connectivity index (χ1v) is 7.00. The van der Waals surface area contributed by atoms with Gasteiger partial charge in [0.15, 0.2) is 0 Å². The maximum Gasteiger partial charge on any atom is 0.239 e. The van der Waals surface area contributed by atoms with Gasteiger partial charge in [0.25, 0.3) is 0 Å². The average molecular weight is 239 g/mol. The predicted molar refractivity (Wildman–Crippen MR) is 68.9 cm³/mol. The van der Waals surface area contributed by atoms with Gasteiger partial charge in [-0.15, -0.1) is 0 Å². The van der Waals surface area contributed by atoms with Crippen LogP contribution in [0.2, 0.25) is 0 Å². The highest BCUT2D eigenvalue weighted by Gasteiger charge is 2.23. The number of nitrogens with zero attached hydrogens (tertiary/aromatic N) is 1. The van der Waals surface area contributed by atoms with Crippen molar-refractivity contribution in [3.8, 4) is 0 Å². The molecule has 0 aromatic rings. The third kappa shape index (κ3) is 3.68. The summed E-state index contributed by atoms with van der Waals surface area (Å²) in [6.07, 6.45) is 4.89. The number of likely N-dealkylation sites (tertiary alicyclic amines) is 1. The Morgan fingerprint density at radius 1 is 1.41 bits per heavy atom. The van der Waals surface area contributed by atoms with Gasteiger partial charge in [-0.1, -0.05) is 0 Å². The van der Waals surface area contributed by atoms with E-state index in [0.29, 0.717) is 5.92 Å². The summed E-state index contributed by atoms with van der Waals surface area (Å²) >= 11 is 0. The summed E-state index contributed by atoms with van der Waals surface area (Å²) in [5.41, 5.74) is 0. The Morgan fingerprint density at radius 3 is 2.82 bits per heavy atom. The smallest absolute Gasteiger partial charge is 0.239 e. The van der Waals surface area contributed by atoms with Crippen molar-refractivity contribution in [3.05, 3.63) is 0 Å². The number of nitrogens with one attached hydrogen (secondary N) is 2. The zero-order chi connectivity index (χ0) is 12.1. The van der Waals surface area contributed by atoms with E-state index in [4.69, 9.17) is 0 Å². The summed E-state index contributed by atoms with van der Waals surface area (Å²) in [6, 6.07) is -0.0185. The number of carbonyl (C=O) groups is 1. The third-order valence-corrected chi connectivity index (χ3v) is 3.90. The fourth-order valence-electron chi connectivity index (χ4n) is 2.74. The highest BCUT2D eigenvalue weighted by Crippen LogP contribution is 2.11. The van der Waals surface area contributed by atoms with Crippen LogP contribution in [0.25, 0.3) is 0 Å². The van der Waals surface area contributed by atoms with E-state index in [-0.39, 0.29) is 11.9 Å². The Bertz CT molecular complexity index is 245. The van der Waals surface area contributed by atoms with Gasteiger partial charge in [0, 0.05) is 13.1 Å². The summed E-state index contributed by atoms with van der Waals surface area (Å²) in [7, 11) is 0. The molecule has 2 N–H and O–H groups in total. The minimum atomic E-state index is -0.0185. The van der Waals surface area contributed by atoms with Crippen LogP contribution < -0.4 is 10.6 Å². The van der Waals surface area contributed by atoms with Crippen molar-refractivity contribution in [2.75, 3.05) is 32.7 Å². The van der Waals surface area contributed by atoms with Gasteiger partial charge >= 0.3 is 0 Å². The molecule has 17 heavy (non-hydrogen) atoms. The predicted octanol–water partition coefficient (Wildman–Crippen LogP) is 0.587. The molecule has 98 valence electrons. The lowest BCUT2D eigenvalue weighted by molar-refractivity contribution is -0.132. The second-order valence-corrected chi connectivity index (χ2v) is 5.37. The Labute approximate surface area is 104 Å². The van der Waals surface area contributed by atoms with Gasteiger partial charge in [-0.05, 0) is 58.2 Å². The van der Waals surface area contributed by atoms with E-state index in [1.165, 1.54) is 25.7 Å². The molecule has 1 amide bonds. The summed E-state index contributed by atoms with van der Waals surface area (Å²) in [5, 5.41) is 6.81. The minimum Gasteiger partial charge on any atom is -0.341 e. The molecule has 4 nitrogen and oxygen atoms in total. The van der Waals surface area contributed by atoms with Crippen molar-refractivity contribution >= 4 is 5.91 Å². The highest BCUT2D eigenvalue weighted by atomic mass is 16.2. The van der Waals surface area contributed by atoms with Gasteiger partial charge in [-0.3, -0.25) is 4.79 Å². The average Bonchev–Trinajstić information content (AvgIpc) is 2.90. The van der Waals surface area contributed by atoms with Crippen LogP contribution in [0.5, 0.6) is 0 Å². The molecule has 2 aliphatic rings. The molecule has 0 spiro atoms. The standard InChI is InChI=1S/C13H25N3O/c1-11(13(17)16-7-2-3-8-16)15-10-12-5-4-6-14-9-12/h11-12,14-15H,2-10H2,1H3. The summed E-state index contributed by atoms with van der Waals surface area (Å²) in [5.74, 6) is 0.976. The van der Waals surface area contributed by atoms with Crippen molar-refractivity contribution in [1.82, 2.24) is 15.5 Å². The fourth-order valence-corrected chi connectivity index (χ4v) is 2.74. The van der Waals surface area contributed by atoms with Crippen LogP contribution in [-0.4, -0.2) is 49.6 Å². The lowest BCUT2D eigenvalue weighted by Gasteiger charge is -2.26. The van der Waals surface area contributed by atoms with E-state index in [1.807, 2.05) is 11.8 Å². The van der Waals surface area contributed by atoms with Crippen LogP contribution in [0.15, 0.2) is 0 Å². The first-order valence-electron chi connectivity index (χ1n) is 7.00. The molecule has 4 heteroatoms. The fraction of sp³-hybridized carbons (Fsp3) is 0.923. The van der Waals surface area contributed by atoms with E-state index in [9.17, 15) is 4.79 Å². The molecule has 0 saturated carbocycles. The van der Waals surface area contributed by atoms with Crippen LogP contribution >= 0.6 is 0 Å². The van der Waals surface area contributed by atoms with Gasteiger partial charge in [0.05, 0.1) is 6.04 Å². The molecule has 0 bridgehead atoms. The molecule has 2 heterocycles. The Hall–Kier alpha value is -0.610. The Balaban J connectivity index is 1.68. The van der Waals surface area contributed by atoms with Gasteiger partial charge in [0.1, 0.15) is 0 Å². The van der Waals surface area contributed by atoms with Crippen molar-refractivity contribution in [3.63, 3.8) is 0 Å². The minimum absolute atomic E-state index is 0.0185.